The predicted octanol–water partition coefficient (Wildman–Crippen LogP) is 3.19. The van der Waals surface area contributed by atoms with Crippen molar-refractivity contribution < 1.29 is 19.5 Å². The third kappa shape index (κ3) is 4.19. The number of fused-ring (bicyclic) bond motifs is 2. The summed E-state index contributed by atoms with van der Waals surface area (Å²) in [5.41, 5.74) is 7.30. The Morgan fingerprint density at radius 1 is 0.926 bits per heavy atom. The van der Waals surface area contributed by atoms with Crippen LogP contribution >= 0.6 is 0 Å². The number of carboxylic acids is 1. The number of allylic oxidation sites excluding steroid dienone is 2. The minimum Gasteiger partial charge on any atom is -0.481 e. The van der Waals surface area contributed by atoms with Crippen molar-refractivity contribution in [3.8, 4) is 0 Å². The zero-order chi connectivity index (χ0) is 19.6. The molecule has 27 heavy (non-hydrogen) atoms. The van der Waals surface area contributed by atoms with E-state index < -0.39 is 17.8 Å². The van der Waals surface area contributed by atoms with Crippen LogP contribution in [0.2, 0.25) is 0 Å². The van der Waals surface area contributed by atoms with Gasteiger partial charge in [-0.15, -0.1) is 0 Å². The van der Waals surface area contributed by atoms with Crippen molar-refractivity contribution >= 4 is 17.8 Å². The lowest BCUT2D eigenvalue weighted by Gasteiger charge is -2.26. The second-order valence-electron chi connectivity index (χ2n) is 8.72. The molecule has 0 aromatic heterocycles. The standard InChI is InChI=1S/C21H32N2O4/c1-12(2)17-14-9-10-15(17)19(21(26)27)18(14)20(25)23-22-16(24)11-8-13-6-4-3-5-7-13/h13-15,18-19H,3-11H2,1-2H3,(H,22,24)(H,23,25)(H,26,27)/t14-,15-,18+,19-/m1/s1. The van der Waals surface area contributed by atoms with Crippen LogP contribution in [0.25, 0.3) is 0 Å². The first kappa shape index (κ1) is 19.9. The van der Waals surface area contributed by atoms with Crippen LogP contribution < -0.4 is 10.9 Å². The van der Waals surface area contributed by atoms with Crippen LogP contribution in [0.3, 0.4) is 0 Å². The summed E-state index contributed by atoms with van der Waals surface area (Å²) in [7, 11) is 0. The first-order valence-electron chi connectivity index (χ1n) is 10.4. The second kappa shape index (κ2) is 8.44. The maximum Gasteiger partial charge on any atom is 0.307 e. The summed E-state index contributed by atoms with van der Waals surface area (Å²) in [6.45, 7) is 3.99. The van der Waals surface area contributed by atoms with Gasteiger partial charge in [0.25, 0.3) is 0 Å². The summed E-state index contributed by atoms with van der Waals surface area (Å²) >= 11 is 0. The van der Waals surface area contributed by atoms with Gasteiger partial charge in [-0.1, -0.05) is 43.3 Å². The molecule has 150 valence electrons. The van der Waals surface area contributed by atoms with E-state index in [9.17, 15) is 19.5 Å². The van der Waals surface area contributed by atoms with Gasteiger partial charge in [0.05, 0.1) is 11.8 Å². The van der Waals surface area contributed by atoms with E-state index in [1.165, 1.54) is 32.1 Å². The Hall–Kier alpha value is -1.85. The van der Waals surface area contributed by atoms with E-state index in [0.29, 0.717) is 12.3 Å². The van der Waals surface area contributed by atoms with Crippen LogP contribution in [-0.4, -0.2) is 22.9 Å². The van der Waals surface area contributed by atoms with E-state index in [2.05, 4.69) is 10.9 Å². The Balaban J connectivity index is 1.54. The van der Waals surface area contributed by atoms with Crippen LogP contribution in [-0.2, 0) is 14.4 Å². The maximum atomic E-state index is 12.7. The Kier molecular flexibility index (Phi) is 6.22. The molecule has 0 aromatic carbocycles. The zero-order valence-electron chi connectivity index (χ0n) is 16.4. The van der Waals surface area contributed by atoms with E-state index in [1.807, 2.05) is 13.8 Å². The Morgan fingerprint density at radius 2 is 1.56 bits per heavy atom. The third-order valence-electron chi connectivity index (χ3n) is 6.84. The molecule has 0 heterocycles. The van der Waals surface area contributed by atoms with Crippen LogP contribution in [0.5, 0.6) is 0 Å². The fourth-order valence-electron chi connectivity index (χ4n) is 5.69. The van der Waals surface area contributed by atoms with Gasteiger partial charge in [0.2, 0.25) is 11.8 Å². The van der Waals surface area contributed by atoms with Crippen LogP contribution in [0.1, 0.15) is 71.6 Å². The van der Waals surface area contributed by atoms with Crippen molar-refractivity contribution in [1.82, 2.24) is 10.9 Å². The van der Waals surface area contributed by atoms with Gasteiger partial charge in [-0.3, -0.25) is 25.2 Å². The van der Waals surface area contributed by atoms with Crippen LogP contribution in [0.4, 0.5) is 0 Å². The van der Waals surface area contributed by atoms with Gasteiger partial charge in [0.1, 0.15) is 0 Å². The number of hydrazine groups is 1. The zero-order valence-corrected chi connectivity index (χ0v) is 16.4. The lowest BCUT2D eigenvalue weighted by atomic mass is 9.79. The lowest BCUT2D eigenvalue weighted by Crippen LogP contribution is -2.48. The molecule has 4 atom stereocenters. The number of amides is 2. The van der Waals surface area contributed by atoms with Crippen LogP contribution in [0.15, 0.2) is 11.1 Å². The number of rotatable bonds is 5. The first-order chi connectivity index (χ1) is 12.9. The molecule has 3 N–H and O–H groups in total. The molecule has 0 spiro atoms. The molecule has 3 aliphatic carbocycles. The van der Waals surface area contributed by atoms with Crippen molar-refractivity contribution in [3.63, 3.8) is 0 Å². The molecular formula is C21H32N2O4. The summed E-state index contributed by atoms with van der Waals surface area (Å²) in [4.78, 5) is 36.6. The largest absolute Gasteiger partial charge is 0.481 e. The molecule has 2 bridgehead atoms. The molecule has 6 nitrogen and oxygen atoms in total. The monoisotopic (exact) mass is 376 g/mol. The van der Waals surface area contributed by atoms with E-state index in [-0.39, 0.29) is 23.7 Å². The minimum atomic E-state index is -0.912. The summed E-state index contributed by atoms with van der Waals surface area (Å²) in [6, 6.07) is 0. The highest BCUT2D eigenvalue weighted by Crippen LogP contribution is 2.57. The first-order valence-corrected chi connectivity index (χ1v) is 10.4. The van der Waals surface area contributed by atoms with Crippen molar-refractivity contribution in [1.29, 1.82) is 0 Å². The molecule has 3 rings (SSSR count). The summed E-state index contributed by atoms with van der Waals surface area (Å²) < 4.78 is 0. The number of hydrogen-bond donors (Lipinski definition) is 3. The normalized spacial score (nSPS) is 30.2. The Labute approximate surface area is 161 Å². The summed E-state index contributed by atoms with van der Waals surface area (Å²) in [5, 5.41) is 9.67. The van der Waals surface area contributed by atoms with Crippen molar-refractivity contribution in [3.05, 3.63) is 11.1 Å². The predicted molar refractivity (Wildman–Crippen MR) is 101 cm³/mol. The average molecular weight is 376 g/mol. The summed E-state index contributed by atoms with van der Waals surface area (Å²) in [6.07, 6.45) is 9.11. The Morgan fingerprint density at radius 3 is 2.15 bits per heavy atom. The SMILES string of the molecule is CC(C)=C1[C@H]2CC[C@H]1[C@@H](C(=O)O)[C@H]2C(=O)NNC(=O)CCC1CCCCC1. The number of aliphatic carboxylic acids is 1. The average Bonchev–Trinajstić information content (AvgIpc) is 3.21. The van der Waals surface area contributed by atoms with Gasteiger partial charge >= 0.3 is 5.97 Å². The second-order valence-corrected chi connectivity index (χ2v) is 8.72. The van der Waals surface area contributed by atoms with E-state index in [4.69, 9.17) is 0 Å². The molecule has 0 aliphatic heterocycles. The Bertz CT molecular complexity index is 632. The molecule has 3 saturated carbocycles. The minimum absolute atomic E-state index is 0.0137. The molecule has 6 heteroatoms. The fourth-order valence-corrected chi connectivity index (χ4v) is 5.69. The number of carbonyl (C=O) groups is 3. The molecule has 0 aromatic rings. The quantitative estimate of drug-likeness (QED) is 0.507. The maximum absolute atomic E-state index is 12.7. The van der Waals surface area contributed by atoms with Gasteiger partial charge in [0.15, 0.2) is 0 Å². The number of carboxylic acid groups (broad SMARTS) is 1. The highest BCUT2D eigenvalue weighted by Gasteiger charge is 2.57. The van der Waals surface area contributed by atoms with Gasteiger partial charge in [0, 0.05) is 6.42 Å². The molecule has 0 radical (unpaired) electrons. The summed E-state index contributed by atoms with van der Waals surface area (Å²) in [5.74, 6) is -2.19. The number of nitrogens with one attached hydrogen (secondary N) is 2. The fraction of sp³-hybridized carbons (Fsp3) is 0.762. The van der Waals surface area contributed by atoms with E-state index in [0.717, 1.165) is 30.4 Å². The molecule has 3 fully saturated rings. The topological polar surface area (TPSA) is 95.5 Å². The van der Waals surface area contributed by atoms with Gasteiger partial charge in [-0.05, 0) is 50.9 Å². The van der Waals surface area contributed by atoms with E-state index in [1.54, 1.807) is 0 Å². The van der Waals surface area contributed by atoms with Gasteiger partial charge < -0.3 is 5.11 Å². The highest BCUT2D eigenvalue weighted by atomic mass is 16.4. The number of hydrogen-bond acceptors (Lipinski definition) is 3. The van der Waals surface area contributed by atoms with Crippen molar-refractivity contribution in [2.45, 2.75) is 71.6 Å². The van der Waals surface area contributed by atoms with Crippen molar-refractivity contribution in [2.24, 2.45) is 29.6 Å². The van der Waals surface area contributed by atoms with Crippen molar-refractivity contribution in [2.75, 3.05) is 0 Å². The molecule has 0 unspecified atom stereocenters. The molecular weight excluding hydrogens is 344 g/mol. The lowest BCUT2D eigenvalue weighted by molar-refractivity contribution is -0.149. The van der Waals surface area contributed by atoms with E-state index >= 15 is 0 Å². The number of carbonyl (C=O) groups excluding carboxylic acids is 2. The molecule has 2 amide bonds. The highest BCUT2D eigenvalue weighted by molar-refractivity contribution is 5.89. The van der Waals surface area contributed by atoms with Gasteiger partial charge in [-0.2, -0.15) is 0 Å². The molecule has 3 aliphatic rings. The third-order valence-corrected chi connectivity index (χ3v) is 6.84. The van der Waals surface area contributed by atoms with Crippen LogP contribution in [0, 0.1) is 29.6 Å². The van der Waals surface area contributed by atoms with Gasteiger partial charge in [-0.25, -0.2) is 0 Å². The molecule has 0 saturated heterocycles. The smallest absolute Gasteiger partial charge is 0.307 e.